The van der Waals surface area contributed by atoms with E-state index in [1.165, 1.54) is 0 Å². The second-order valence-corrected chi connectivity index (χ2v) is 5.90. The fourth-order valence-electron chi connectivity index (χ4n) is 2.79. The van der Waals surface area contributed by atoms with Crippen molar-refractivity contribution in [3.63, 3.8) is 0 Å². The van der Waals surface area contributed by atoms with Crippen LogP contribution in [0, 0.1) is 18.8 Å². The summed E-state index contributed by atoms with van der Waals surface area (Å²) in [7, 11) is 0. The fraction of sp³-hybridized carbons (Fsp3) is 0.333. The second kappa shape index (κ2) is 5.68. The van der Waals surface area contributed by atoms with E-state index in [1.54, 1.807) is 6.20 Å². The lowest BCUT2D eigenvalue weighted by Crippen LogP contribution is -2.35. The fourth-order valence-corrected chi connectivity index (χ4v) is 2.79. The Morgan fingerprint density at radius 2 is 2.10 bits per heavy atom. The van der Waals surface area contributed by atoms with Gasteiger partial charge in [0.2, 0.25) is 5.91 Å². The molecule has 0 saturated heterocycles. The van der Waals surface area contributed by atoms with Crippen molar-refractivity contribution in [2.24, 2.45) is 11.8 Å². The number of benzene rings is 1. The predicted molar refractivity (Wildman–Crippen MR) is 84.9 cm³/mol. The van der Waals surface area contributed by atoms with Crippen LogP contribution in [0.1, 0.15) is 25.3 Å². The Hall–Kier alpha value is -2.16. The maximum absolute atomic E-state index is 12.2. The Kier molecular flexibility index (Phi) is 3.74. The van der Waals surface area contributed by atoms with Gasteiger partial charge in [-0.1, -0.05) is 19.1 Å². The first-order valence-electron chi connectivity index (χ1n) is 7.48. The maximum Gasteiger partial charge on any atom is 0.227 e. The number of anilines is 1. The molecular formula is C18H20N2O. The van der Waals surface area contributed by atoms with Gasteiger partial charge in [0.25, 0.3) is 0 Å². The van der Waals surface area contributed by atoms with Crippen molar-refractivity contribution in [2.75, 3.05) is 5.32 Å². The molecule has 3 nitrogen and oxygen atoms in total. The summed E-state index contributed by atoms with van der Waals surface area (Å²) < 4.78 is 0. The van der Waals surface area contributed by atoms with Crippen LogP contribution in [0.25, 0.3) is 11.3 Å². The predicted octanol–water partition coefficient (Wildman–Crippen LogP) is 4.04. The molecule has 0 spiro atoms. The van der Waals surface area contributed by atoms with Gasteiger partial charge in [-0.2, -0.15) is 0 Å². The van der Waals surface area contributed by atoms with Gasteiger partial charge < -0.3 is 5.32 Å². The van der Waals surface area contributed by atoms with Gasteiger partial charge in [0, 0.05) is 23.4 Å². The highest BCUT2D eigenvalue weighted by Gasteiger charge is 2.32. The van der Waals surface area contributed by atoms with E-state index in [1.807, 2.05) is 36.4 Å². The Morgan fingerprint density at radius 1 is 1.24 bits per heavy atom. The molecule has 1 aromatic carbocycles. The molecule has 1 fully saturated rings. The molecule has 1 saturated carbocycles. The smallest absolute Gasteiger partial charge is 0.227 e. The molecule has 1 heterocycles. The van der Waals surface area contributed by atoms with Crippen LogP contribution < -0.4 is 5.32 Å². The molecule has 1 amide bonds. The topological polar surface area (TPSA) is 42.0 Å². The molecule has 21 heavy (non-hydrogen) atoms. The summed E-state index contributed by atoms with van der Waals surface area (Å²) in [5, 5.41) is 3.04. The minimum Gasteiger partial charge on any atom is -0.326 e. The van der Waals surface area contributed by atoms with E-state index < -0.39 is 0 Å². The third-order valence-corrected chi connectivity index (χ3v) is 4.40. The zero-order chi connectivity index (χ0) is 14.8. The highest BCUT2D eigenvalue weighted by Crippen LogP contribution is 2.34. The molecule has 1 aromatic heterocycles. The monoisotopic (exact) mass is 280 g/mol. The molecular weight excluding hydrogens is 260 g/mol. The molecule has 1 aliphatic carbocycles. The molecule has 3 heteroatoms. The first-order chi connectivity index (χ1) is 10.1. The largest absolute Gasteiger partial charge is 0.326 e. The average molecular weight is 280 g/mol. The molecule has 2 atom stereocenters. The Morgan fingerprint density at radius 3 is 2.71 bits per heavy atom. The van der Waals surface area contributed by atoms with Crippen molar-refractivity contribution < 1.29 is 4.79 Å². The van der Waals surface area contributed by atoms with Gasteiger partial charge in [0.05, 0.1) is 5.69 Å². The molecule has 0 bridgehead atoms. The van der Waals surface area contributed by atoms with E-state index in [2.05, 4.69) is 24.1 Å². The van der Waals surface area contributed by atoms with Crippen LogP contribution in [0.2, 0.25) is 0 Å². The third kappa shape index (κ3) is 2.82. The van der Waals surface area contributed by atoms with E-state index in [0.717, 1.165) is 35.3 Å². The zero-order valence-corrected chi connectivity index (χ0v) is 12.5. The Balaban J connectivity index is 1.83. The maximum atomic E-state index is 12.2. The number of aromatic nitrogens is 1. The van der Waals surface area contributed by atoms with Crippen molar-refractivity contribution in [2.45, 2.75) is 26.7 Å². The lowest BCUT2D eigenvalue weighted by atomic mass is 9.74. The molecule has 2 aromatic rings. The van der Waals surface area contributed by atoms with Crippen LogP contribution in [0.4, 0.5) is 5.69 Å². The van der Waals surface area contributed by atoms with Gasteiger partial charge in [-0.15, -0.1) is 0 Å². The van der Waals surface area contributed by atoms with E-state index in [0.29, 0.717) is 5.92 Å². The first kappa shape index (κ1) is 13.8. The van der Waals surface area contributed by atoms with Gasteiger partial charge in [-0.05, 0) is 55.5 Å². The quantitative estimate of drug-likeness (QED) is 0.922. The average Bonchev–Trinajstić information content (AvgIpc) is 2.48. The lowest BCUT2D eigenvalue weighted by molar-refractivity contribution is -0.124. The van der Waals surface area contributed by atoms with Crippen molar-refractivity contribution in [3.05, 3.63) is 48.2 Å². The lowest BCUT2D eigenvalue weighted by Gasteiger charge is -2.32. The van der Waals surface area contributed by atoms with E-state index >= 15 is 0 Å². The van der Waals surface area contributed by atoms with Crippen molar-refractivity contribution >= 4 is 11.6 Å². The summed E-state index contributed by atoms with van der Waals surface area (Å²) in [4.78, 5) is 16.6. The molecule has 108 valence electrons. The summed E-state index contributed by atoms with van der Waals surface area (Å²) in [5.74, 6) is 0.819. The second-order valence-electron chi connectivity index (χ2n) is 5.90. The van der Waals surface area contributed by atoms with Crippen LogP contribution in [0.15, 0.2) is 42.6 Å². The molecule has 1 aliphatic rings. The van der Waals surface area contributed by atoms with E-state index in [-0.39, 0.29) is 11.8 Å². The standard InChI is InChI=1S/C18H20N2O/c1-12-7-9-15(12)18(21)20-14-8-6-13(2)16(11-14)17-5-3-4-10-19-17/h3-6,8,10-12,15H,7,9H2,1-2H3,(H,20,21)/t12-,15+/m0/s1. The van der Waals surface area contributed by atoms with Crippen LogP contribution in [0.5, 0.6) is 0 Å². The summed E-state index contributed by atoms with van der Waals surface area (Å²) in [6.45, 7) is 4.20. The van der Waals surface area contributed by atoms with Crippen molar-refractivity contribution in [3.8, 4) is 11.3 Å². The zero-order valence-electron chi connectivity index (χ0n) is 12.5. The summed E-state index contributed by atoms with van der Waals surface area (Å²) in [6, 6.07) is 11.9. The number of hydrogen-bond donors (Lipinski definition) is 1. The number of carbonyl (C=O) groups excluding carboxylic acids is 1. The van der Waals surface area contributed by atoms with Gasteiger partial charge in [0.15, 0.2) is 0 Å². The first-order valence-corrected chi connectivity index (χ1v) is 7.48. The summed E-state index contributed by atoms with van der Waals surface area (Å²) >= 11 is 0. The van der Waals surface area contributed by atoms with Gasteiger partial charge in [-0.25, -0.2) is 0 Å². The summed E-state index contributed by atoms with van der Waals surface area (Å²) in [5.41, 5.74) is 4.01. The number of nitrogens with zero attached hydrogens (tertiary/aromatic N) is 1. The number of rotatable bonds is 3. The number of hydrogen-bond acceptors (Lipinski definition) is 2. The normalized spacial score (nSPS) is 20.7. The Labute approximate surface area is 125 Å². The minimum atomic E-state index is 0.143. The highest BCUT2D eigenvalue weighted by molar-refractivity contribution is 5.94. The number of nitrogens with one attached hydrogen (secondary N) is 1. The van der Waals surface area contributed by atoms with Crippen molar-refractivity contribution in [1.82, 2.24) is 4.98 Å². The van der Waals surface area contributed by atoms with Crippen LogP contribution in [-0.4, -0.2) is 10.9 Å². The van der Waals surface area contributed by atoms with E-state index in [9.17, 15) is 4.79 Å². The third-order valence-electron chi connectivity index (χ3n) is 4.40. The van der Waals surface area contributed by atoms with E-state index in [4.69, 9.17) is 0 Å². The Bertz CT molecular complexity index is 652. The van der Waals surface area contributed by atoms with Crippen LogP contribution in [-0.2, 0) is 4.79 Å². The van der Waals surface area contributed by atoms with Crippen LogP contribution in [0.3, 0.4) is 0 Å². The molecule has 0 aliphatic heterocycles. The van der Waals surface area contributed by atoms with Gasteiger partial charge >= 0.3 is 0 Å². The SMILES string of the molecule is Cc1ccc(NC(=O)[C@@H]2CC[C@@H]2C)cc1-c1ccccn1. The van der Waals surface area contributed by atoms with Crippen molar-refractivity contribution in [1.29, 1.82) is 0 Å². The number of pyridine rings is 1. The van der Waals surface area contributed by atoms with Crippen LogP contribution >= 0.6 is 0 Å². The highest BCUT2D eigenvalue weighted by atomic mass is 16.1. The molecule has 0 unspecified atom stereocenters. The minimum absolute atomic E-state index is 0.143. The molecule has 1 N–H and O–H groups in total. The molecule has 0 radical (unpaired) electrons. The number of aryl methyl sites for hydroxylation is 1. The summed E-state index contributed by atoms with van der Waals surface area (Å²) in [6.07, 6.45) is 3.95. The van der Waals surface area contributed by atoms with Gasteiger partial charge in [0.1, 0.15) is 0 Å². The van der Waals surface area contributed by atoms with Gasteiger partial charge in [-0.3, -0.25) is 9.78 Å². The number of amides is 1. The molecule has 3 rings (SSSR count). The number of carbonyl (C=O) groups is 1.